The molecule has 0 spiro atoms. The Labute approximate surface area is 102 Å². The first-order chi connectivity index (χ1) is 7.81. The first kappa shape index (κ1) is 12.0. The zero-order valence-corrected chi connectivity index (χ0v) is 10.5. The Kier molecular flexibility index (Phi) is 4.27. The second-order valence-electron chi connectivity index (χ2n) is 4.19. The zero-order valence-electron chi connectivity index (χ0n) is 9.69. The number of ether oxygens (including phenoxy) is 1. The van der Waals surface area contributed by atoms with Crippen molar-refractivity contribution >= 4 is 11.8 Å². The Morgan fingerprint density at radius 1 is 1.50 bits per heavy atom. The van der Waals surface area contributed by atoms with Crippen molar-refractivity contribution in [3.63, 3.8) is 0 Å². The van der Waals surface area contributed by atoms with Crippen molar-refractivity contribution in [1.82, 2.24) is 0 Å². The van der Waals surface area contributed by atoms with Crippen molar-refractivity contribution in [3.05, 3.63) is 35.4 Å². The monoisotopic (exact) mass is 237 g/mol. The molecule has 1 heterocycles. The van der Waals surface area contributed by atoms with Crippen LogP contribution >= 0.6 is 11.8 Å². The molecular weight excluding hydrogens is 218 g/mol. The summed E-state index contributed by atoms with van der Waals surface area (Å²) in [7, 11) is 0. The summed E-state index contributed by atoms with van der Waals surface area (Å²) < 4.78 is 5.84. The highest BCUT2D eigenvalue weighted by molar-refractivity contribution is 7.99. The standard InChI is InChI=1S/C13H19NOS/c1-10(8-14)16-9-13-12-5-3-2-4-11(12)6-7-15-13/h2-5,10,13H,6-9,14H2,1H3. The van der Waals surface area contributed by atoms with Crippen LogP contribution in [0.2, 0.25) is 0 Å². The van der Waals surface area contributed by atoms with E-state index in [1.54, 1.807) is 0 Å². The molecule has 1 aliphatic rings. The second-order valence-corrected chi connectivity index (χ2v) is 5.66. The predicted molar refractivity (Wildman–Crippen MR) is 69.8 cm³/mol. The molecule has 2 N–H and O–H groups in total. The van der Waals surface area contributed by atoms with Crippen LogP contribution in [0.4, 0.5) is 0 Å². The van der Waals surface area contributed by atoms with Gasteiger partial charge in [-0.25, -0.2) is 0 Å². The Bertz CT molecular complexity index is 342. The Hall–Kier alpha value is -0.510. The highest BCUT2D eigenvalue weighted by Gasteiger charge is 2.20. The molecular formula is C13H19NOS. The van der Waals surface area contributed by atoms with E-state index in [0.717, 1.165) is 25.3 Å². The SMILES string of the molecule is CC(CN)SCC1OCCc2ccccc21. The summed E-state index contributed by atoms with van der Waals surface area (Å²) in [5, 5.41) is 0.512. The van der Waals surface area contributed by atoms with Gasteiger partial charge in [-0.05, 0) is 17.5 Å². The molecule has 0 aliphatic carbocycles. The summed E-state index contributed by atoms with van der Waals surface area (Å²) >= 11 is 1.90. The van der Waals surface area contributed by atoms with E-state index in [-0.39, 0.29) is 6.10 Å². The number of hydrogen-bond acceptors (Lipinski definition) is 3. The first-order valence-corrected chi connectivity index (χ1v) is 6.87. The highest BCUT2D eigenvalue weighted by atomic mass is 32.2. The molecule has 1 aromatic carbocycles. The summed E-state index contributed by atoms with van der Waals surface area (Å²) in [6.45, 7) is 3.75. The molecule has 2 unspecified atom stereocenters. The van der Waals surface area contributed by atoms with Crippen LogP contribution in [0, 0.1) is 0 Å². The minimum absolute atomic E-state index is 0.254. The molecule has 0 saturated carbocycles. The van der Waals surface area contributed by atoms with Crippen LogP contribution in [0.5, 0.6) is 0 Å². The molecule has 0 radical (unpaired) electrons. The molecule has 0 saturated heterocycles. The van der Waals surface area contributed by atoms with Gasteiger partial charge in [-0.2, -0.15) is 11.8 Å². The van der Waals surface area contributed by atoms with Gasteiger partial charge in [0.15, 0.2) is 0 Å². The van der Waals surface area contributed by atoms with Gasteiger partial charge < -0.3 is 10.5 Å². The molecule has 88 valence electrons. The molecule has 0 bridgehead atoms. The summed E-state index contributed by atoms with van der Waals surface area (Å²) in [6, 6.07) is 8.60. The lowest BCUT2D eigenvalue weighted by molar-refractivity contribution is 0.0587. The van der Waals surface area contributed by atoms with Gasteiger partial charge in [0.2, 0.25) is 0 Å². The van der Waals surface area contributed by atoms with Crippen LogP contribution in [0.25, 0.3) is 0 Å². The molecule has 16 heavy (non-hydrogen) atoms. The van der Waals surface area contributed by atoms with E-state index in [1.165, 1.54) is 11.1 Å². The molecule has 3 heteroatoms. The van der Waals surface area contributed by atoms with E-state index in [4.69, 9.17) is 10.5 Å². The highest BCUT2D eigenvalue weighted by Crippen LogP contribution is 2.30. The van der Waals surface area contributed by atoms with Crippen LogP contribution in [0.15, 0.2) is 24.3 Å². The van der Waals surface area contributed by atoms with Gasteiger partial charge in [-0.3, -0.25) is 0 Å². The first-order valence-electron chi connectivity index (χ1n) is 5.82. The van der Waals surface area contributed by atoms with Gasteiger partial charge >= 0.3 is 0 Å². The number of fused-ring (bicyclic) bond motifs is 1. The van der Waals surface area contributed by atoms with Crippen LogP contribution in [0.3, 0.4) is 0 Å². The fraction of sp³-hybridized carbons (Fsp3) is 0.538. The third-order valence-corrected chi connectivity index (χ3v) is 4.21. The van der Waals surface area contributed by atoms with Gasteiger partial charge in [0, 0.05) is 17.5 Å². The average molecular weight is 237 g/mol. The van der Waals surface area contributed by atoms with Crippen LogP contribution < -0.4 is 5.73 Å². The van der Waals surface area contributed by atoms with Gasteiger partial charge in [0.1, 0.15) is 0 Å². The molecule has 2 rings (SSSR count). The lowest BCUT2D eigenvalue weighted by Gasteiger charge is -2.26. The molecule has 0 amide bonds. The fourth-order valence-corrected chi connectivity index (χ4v) is 2.85. The van der Waals surface area contributed by atoms with Gasteiger partial charge in [-0.1, -0.05) is 31.2 Å². The Morgan fingerprint density at radius 3 is 3.12 bits per heavy atom. The third-order valence-electron chi connectivity index (χ3n) is 2.96. The van der Waals surface area contributed by atoms with Crippen molar-refractivity contribution < 1.29 is 4.74 Å². The number of nitrogens with two attached hydrogens (primary N) is 1. The topological polar surface area (TPSA) is 35.2 Å². The van der Waals surface area contributed by atoms with E-state index in [1.807, 2.05) is 11.8 Å². The summed E-state index contributed by atoms with van der Waals surface area (Å²) in [5.41, 5.74) is 8.43. The number of hydrogen-bond donors (Lipinski definition) is 1. The maximum atomic E-state index is 5.84. The lowest BCUT2D eigenvalue weighted by Crippen LogP contribution is -2.20. The van der Waals surface area contributed by atoms with Crippen molar-refractivity contribution in [1.29, 1.82) is 0 Å². The summed E-state index contributed by atoms with van der Waals surface area (Å²) in [4.78, 5) is 0. The third kappa shape index (κ3) is 2.78. The Balaban J connectivity index is 2.01. The van der Waals surface area contributed by atoms with Crippen LogP contribution in [-0.4, -0.2) is 24.2 Å². The van der Waals surface area contributed by atoms with E-state index in [9.17, 15) is 0 Å². The smallest absolute Gasteiger partial charge is 0.0918 e. The van der Waals surface area contributed by atoms with E-state index < -0.39 is 0 Å². The quantitative estimate of drug-likeness (QED) is 0.873. The summed E-state index contributed by atoms with van der Waals surface area (Å²) in [5.74, 6) is 1.01. The fourth-order valence-electron chi connectivity index (χ4n) is 1.93. The molecule has 0 fully saturated rings. The predicted octanol–water partition coefficient (Wildman–Crippen LogP) is 2.38. The Morgan fingerprint density at radius 2 is 2.31 bits per heavy atom. The zero-order chi connectivity index (χ0) is 11.4. The van der Waals surface area contributed by atoms with Gasteiger partial charge in [0.05, 0.1) is 12.7 Å². The van der Waals surface area contributed by atoms with Crippen molar-refractivity contribution in [2.75, 3.05) is 18.9 Å². The normalized spacial score (nSPS) is 21.5. The lowest BCUT2D eigenvalue weighted by atomic mass is 9.99. The van der Waals surface area contributed by atoms with Crippen molar-refractivity contribution in [3.8, 4) is 0 Å². The average Bonchev–Trinajstić information content (AvgIpc) is 2.35. The van der Waals surface area contributed by atoms with Crippen molar-refractivity contribution in [2.45, 2.75) is 24.7 Å². The van der Waals surface area contributed by atoms with E-state index in [0.29, 0.717) is 5.25 Å². The summed E-state index contributed by atoms with van der Waals surface area (Å²) in [6.07, 6.45) is 1.30. The maximum Gasteiger partial charge on any atom is 0.0918 e. The minimum atomic E-state index is 0.254. The molecule has 1 aromatic rings. The number of benzene rings is 1. The number of rotatable bonds is 4. The second kappa shape index (κ2) is 5.71. The molecule has 0 aromatic heterocycles. The van der Waals surface area contributed by atoms with Crippen LogP contribution in [-0.2, 0) is 11.2 Å². The molecule has 1 aliphatic heterocycles. The molecule has 2 atom stereocenters. The minimum Gasteiger partial charge on any atom is -0.372 e. The largest absolute Gasteiger partial charge is 0.372 e. The van der Waals surface area contributed by atoms with E-state index >= 15 is 0 Å². The van der Waals surface area contributed by atoms with Crippen LogP contribution in [0.1, 0.15) is 24.2 Å². The maximum absolute atomic E-state index is 5.84. The van der Waals surface area contributed by atoms with Gasteiger partial charge in [-0.15, -0.1) is 0 Å². The van der Waals surface area contributed by atoms with Gasteiger partial charge in [0.25, 0.3) is 0 Å². The molecule has 2 nitrogen and oxygen atoms in total. The number of thioether (sulfide) groups is 1. The van der Waals surface area contributed by atoms with E-state index in [2.05, 4.69) is 31.2 Å². The van der Waals surface area contributed by atoms with Crippen molar-refractivity contribution in [2.24, 2.45) is 5.73 Å².